The normalized spacial score (nSPS) is 10.9. The molecule has 9 heteroatoms. The molecule has 2 rings (SSSR count). The van der Waals surface area contributed by atoms with Crippen molar-refractivity contribution in [1.82, 2.24) is 19.7 Å². The van der Waals surface area contributed by atoms with Crippen LogP contribution in [0.4, 0.5) is 11.5 Å². The molecule has 23 heavy (non-hydrogen) atoms. The molecule has 0 aliphatic heterocycles. The van der Waals surface area contributed by atoms with Crippen molar-refractivity contribution in [3.63, 3.8) is 0 Å². The lowest BCUT2D eigenvalue weighted by Gasteiger charge is -2.23. The minimum Gasteiger partial charge on any atom is -0.424 e. The van der Waals surface area contributed by atoms with Gasteiger partial charge in [-0.2, -0.15) is 0 Å². The molecule has 0 saturated heterocycles. The molecule has 0 unspecified atom stereocenters. The van der Waals surface area contributed by atoms with E-state index < -0.39 is 11.2 Å². The number of nitrogens with zero attached hydrogens (tertiary/aromatic N) is 4. The summed E-state index contributed by atoms with van der Waals surface area (Å²) in [5.74, 6) is 0.991. The highest BCUT2D eigenvalue weighted by Gasteiger charge is 2.19. The van der Waals surface area contributed by atoms with E-state index in [9.17, 15) is 9.59 Å². The van der Waals surface area contributed by atoms with Crippen molar-refractivity contribution in [3.05, 3.63) is 32.6 Å². The van der Waals surface area contributed by atoms with Crippen molar-refractivity contribution < 1.29 is 4.42 Å². The summed E-state index contributed by atoms with van der Waals surface area (Å²) in [5, 5.41) is 7.70. The van der Waals surface area contributed by atoms with Crippen molar-refractivity contribution in [2.45, 2.75) is 46.7 Å². The van der Waals surface area contributed by atoms with E-state index in [1.165, 1.54) is 4.57 Å². The molecule has 3 N–H and O–H groups in total. The topological polar surface area (TPSA) is 123 Å². The second-order valence-corrected chi connectivity index (χ2v) is 5.23. The minimum absolute atomic E-state index is 0.158. The van der Waals surface area contributed by atoms with E-state index in [4.69, 9.17) is 10.2 Å². The fourth-order valence-corrected chi connectivity index (χ4v) is 2.33. The minimum atomic E-state index is -0.515. The average Bonchev–Trinajstić information content (AvgIpc) is 2.91. The highest BCUT2D eigenvalue weighted by atomic mass is 16.4. The summed E-state index contributed by atoms with van der Waals surface area (Å²) in [4.78, 5) is 28.2. The van der Waals surface area contributed by atoms with Crippen LogP contribution in [0.1, 0.15) is 38.5 Å². The maximum absolute atomic E-state index is 12.2. The van der Waals surface area contributed by atoms with E-state index in [0.717, 1.165) is 12.8 Å². The number of nitrogens with one attached hydrogen (secondary N) is 1. The molecular formula is C14H22N6O3. The molecule has 0 atom stereocenters. The van der Waals surface area contributed by atoms with E-state index in [-0.39, 0.29) is 18.1 Å². The first-order valence-electron chi connectivity index (χ1n) is 7.64. The number of rotatable bonds is 7. The van der Waals surface area contributed by atoms with Gasteiger partial charge >= 0.3 is 5.69 Å². The maximum atomic E-state index is 12.2. The number of unbranched alkanes of at least 4 members (excludes halogenated alkanes) is 1. The van der Waals surface area contributed by atoms with E-state index in [1.807, 2.05) is 13.8 Å². The molecule has 0 saturated carbocycles. The van der Waals surface area contributed by atoms with Crippen molar-refractivity contribution in [2.75, 3.05) is 17.2 Å². The molecule has 0 fully saturated rings. The largest absolute Gasteiger partial charge is 0.424 e. The number of hydrogen-bond donors (Lipinski definition) is 2. The Morgan fingerprint density at radius 3 is 2.61 bits per heavy atom. The van der Waals surface area contributed by atoms with Crippen molar-refractivity contribution in [2.24, 2.45) is 0 Å². The Morgan fingerprint density at radius 1 is 1.30 bits per heavy atom. The predicted octanol–water partition coefficient (Wildman–Crippen LogP) is 0.637. The van der Waals surface area contributed by atoms with Gasteiger partial charge in [-0.25, -0.2) is 4.79 Å². The molecule has 2 aromatic heterocycles. The number of anilines is 2. The van der Waals surface area contributed by atoms with Crippen LogP contribution in [0.15, 0.2) is 14.0 Å². The lowest BCUT2D eigenvalue weighted by Crippen LogP contribution is -2.38. The molecule has 0 radical (unpaired) electrons. The quantitative estimate of drug-likeness (QED) is 0.766. The van der Waals surface area contributed by atoms with Gasteiger partial charge in [0.05, 0.1) is 6.54 Å². The Morgan fingerprint density at radius 2 is 2.04 bits per heavy atom. The van der Waals surface area contributed by atoms with Crippen LogP contribution in [0.3, 0.4) is 0 Å². The Hall–Kier alpha value is -2.58. The number of H-pyrrole nitrogens is 1. The number of aromatic nitrogens is 4. The zero-order valence-corrected chi connectivity index (χ0v) is 13.6. The summed E-state index contributed by atoms with van der Waals surface area (Å²) in [6.07, 6.45) is 1.71. The van der Waals surface area contributed by atoms with E-state index in [2.05, 4.69) is 15.2 Å². The summed E-state index contributed by atoms with van der Waals surface area (Å²) in [6.45, 7) is 6.80. The van der Waals surface area contributed by atoms with Gasteiger partial charge < -0.3 is 15.1 Å². The molecule has 0 amide bonds. The fourth-order valence-electron chi connectivity index (χ4n) is 2.33. The third kappa shape index (κ3) is 3.61. The lowest BCUT2D eigenvalue weighted by molar-refractivity contribution is 0.462. The van der Waals surface area contributed by atoms with Gasteiger partial charge in [0.15, 0.2) is 0 Å². The molecule has 0 aromatic carbocycles. The number of aryl methyl sites for hydroxylation is 1. The molecule has 0 spiro atoms. The Balaban J connectivity index is 2.42. The van der Waals surface area contributed by atoms with Crippen LogP contribution >= 0.6 is 0 Å². The summed E-state index contributed by atoms with van der Waals surface area (Å²) < 4.78 is 6.74. The van der Waals surface area contributed by atoms with Gasteiger partial charge in [-0.1, -0.05) is 13.3 Å². The molecule has 0 bridgehead atoms. The number of hydrogen-bond acceptors (Lipinski definition) is 7. The second kappa shape index (κ2) is 7.12. The Bertz CT molecular complexity index is 776. The third-order valence-electron chi connectivity index (χ3n) is 3.54. The molecule has 2 aromatic rings. The van der Waals surface area contributed by atoms with Crippen molar-refractivity contribution in [1.29, 1.82) is 0 Å². The molecule has 2 heterocycles. The van der Waals surface area contributed by atoms with Gasteiger partial charge in [0, 0.05) is 20.0 Å². The zero-order valence-electron chi connectivity index (χ0n) is 13.6. The van der Waals surface area contributed by atoms with E-state index in [0.29, 0.717) is 24.9 Å². The van der Waals surface area contributed by atoms with Crippen LogP contribution in [-0.4, -0.2) is 26.3 Å². The lowest BCUT2D eigenvalue weighted by atomic mass is 10.3. The van der Waals surface area contributed by atoms with Crippen LogP contribution in [0.25, 0.3) is 0 Å². The van der Waals surface area contributed by atoms with Crippen LogP contribution in [-0.2, 0) is 13.1 Å². The van der Waals surface area contributed by atoms with Crippen LogP contribution in [0.2, 0.25) is 0 Å². The molecule has 0 aliphatic carbocycles. The summed E-state index contributed by atoms with van der Waals surface area (Å²) in [7, 11) is 0. The first-order chi connectivity index (χ1) is 11.0. The van der Waals surface area contributed by atoms with Crippen molar-refractivity contribution in [3.8, 4) is 0 Å². The smallest absolute Gasteiger partial charge is 0.330 e. The monoisotopic (exact) mass is 322 g/mol. The standard InChI is InChI=1S/C14H22N6O3/c1-4-6-7-20-12(15)11(13(21)16-14(20)22)19(5-2)8-10-18-17-9(3)23-10/h4-8,15H2,1-3H3,(H,16,21,22). The highest BCUT2D eigenvalue weighted by molar-refractivity contribution is 5.62. The number of nitrogens with two attached hydrogens (primary N) is 1. The SMILES string of the molecule is CCCCn1c(N)c(N(CC)Cc2nnc(C)o2)c(=O)[nH]c1=O. The van der Waals surface area contributed by atoms with Crippen LogP contribution < -0.4 is 21.9 Å². The fraction of sp³-hybridized carbons (Fsp3) is 0.571. The molecule has 9 nitrogen and oxygen atoms in total. The van der Waals surface area contributed by atoms with E-state index in [1.54, 1.807) is 11.8 Å². The summed E-state index contributed by atoms with van der Waals surface area (Å²) in [5.41, 5.74) is 5.34. The van der Waals surface area contributed by atoms with Gasteiger partial charge in [-0.15, -0.1) is 10.2 Å². The van der Waals surface area contributed by atoms with Gasteiger partial charge in [-0.3, -0.25) is 14.3 Å². The van der Waals surface area contributed by atoms with Gasteiger partial charge in [0.2, 0.25) is 11.8 Å². The molecular weight excluding hydrogens is 300 g/mol. The Labute approximate surface area is 133 Å². The van der Waals surface area contributed by atoms with Gasteiger partial charge in [0.25, 0.3) is 5.56 Å². The second-order valence-electron chi connectivity index (χ2n) is 5.23. The number of nitrogen functional groups attached to an aromatic ring is 1. The van der Waals surface area contributed by atoms with Crippen LogP contribution in [0.5, 0.6) is 0 Å². The number of aromatic amines is 1. The molecule has 0 aliphatic rings. The first kappa shape index (κ1) is 16.8. The Kier molecular flexibility index (Phi) is 5.20. The zero-order chi connectivity index (χ0) is 17.0. The van der Waals surface area contributed by atoms with Crippen molar-refractivity contribution >= 4 is 11.5 Å². The molecule has 126 valence electrons. The first-order valence-corrected chi connectivity index (χ1v) is 7.64. The summed E-state index contributed by atoms with van der Waals surface area (Å²) in [6, 6.07) is 0. The highest BCUT2D eigenvalue weighted by Crippen LogP contribution is 2.19. The van der Waals surface area contributed by atoms with Gasteiger partial charge in [0.1, 0.15) is 11.5 Å². The third-order valence-corrected chi connectivity index (χ3v) is 3.54. The summed E-state index contributed by atoms with van der Waals surface area (Å²) >= 11 is 0. The predicted molar refractivity (Wildman–Crippen MR) is 86.4 cm³/mol. The maximum Gasteiger partial charge on any atom is 0.330 e. The van der Waals surface area contributed by atoms with Gasteiger partial charge in [-0.05, 0) is 13.3 Å². The average molecular weight is 322 g/mol. The van der Waals surface area contributed by atoms with E-state index >= 15 is 0 Å². The van der Waals surface area contributed by atoms with Crippen LogP contribution in [0, 0.1) is 6.92 Å².